The number of hydrogen-bond acceptors (Lipinski definition) is 3. The van der Waals surface area contributed by atoms with E-state index >= 15 is 0 Å². The first-order chi connectivity index (χ1) is 8.31. The Morgan fingerprint density at radius 1 is 1.35 bits per heavy atom. The lowest BCUT2D eigenvalue weighted by Crippen LogP contribution is -2.44. The third-order valence-corrected chi connectivity index (χ3v) is 4.13. The largest absolute Gasteiger partial charge is 0.354 e. The minimum absolute atomic E-state index is 0.243. The number of piperidine rings is 1. The molecule has 0 aromatic heterocycles. The van der Waals surface area contributed by atoms with E-state index in [1.165, 1.54) is 19.4 Å². The summed E-state index contributed by atoms with van der Waals surface area (Å²) in [6.45, 7) is 7.33. The molecular weight excluding hydrogens is 214 g/mol. The zero-order valence-corrected chi connectivity index (χ0v) is 10.9. The minimum atomic E-state index is 0.243. The van der Waals surface area contributed by atoms with Gasteiger partial charge in [0.2, 0.25) is 5.91 Å². The van der Waals surface area contributed by atoms with Gasteiger partial charge < -0.3 is 10.6 Å². The van der Waals surface area contributed by atoms with Crippen LogP contribution in [0, 0.1) is 5.92 Å². The smallest absolute Gasteiger partial charge is 0.223 e. The van der Waals surface area contributed by atoms with Gasteiger partial charge in [-0.05, 0) is 51.9 Å². The van der Waals surface area contributed by atoms with Crippen LogP contribution in [0.3, 0.4) is 0 Å². The van der Waals surface area contributed by atoms with Crippen molar-refractivity contribution >= 4 is 5.91 Å². The molecule has 0 bridgehead atoms. The second-order valence-electron chi connectivity index (χ2n) is 5.19. The Labute approximate surface area is 104 Å². The van der Waals surface area contributed by atoms with Crippen molar-refractivity contribution in [2.45, 2.75) is 38.6 Å². The number of likely N-dealkylation sites (N-methyl/N-ethyl adjacent to an activating group) is 1. The molecule has 2 N–H and O–H groups in total. The van der Waals surface area contributed by atoms with Crippen molar-refractivity contribution in [1.82, 2.24) is 15.5 Å². The predicted molar refractivity (Wildman–Crippen MR) is 68.9 cm³/mol. The summed E-state index contributed by atoms with van der Waals surface area (Å²) >= 11 is 0. The van der Waals surface area contributed by atoms with Crippen LogP contribution in [0.15, 0.2) is 0 Å². The highest BCUT2D eigenvalue weighted by molar-refractivity contribution is 5.78. The maximum atomic E-state index is 12.0. The van der Waals surface area contributed by atoms with Gasteiger partial charge in [-0.3, -0.25) is 9.69 Å². The Bertz CT molecular complexity index is 251. The van der Waals surface area contributed by atoms with Crippen LogP contribution in [0.2, 0.25) is 0 Å². The minimum Gasteiger partial charge on any atom is -0.354 e. The Balaban J connectivity index is 1.71. The van der Waals surface area contributed by atoms with Crippen LogP contribution < -0.4 is 10.6 Å². The molecule has 2 heterocycles. The summed E-state index contributed by atoms with van der Waals surface area (Å²) in [5, 5.41) is 6.44. The molecule has 0 aromatic carbocycles. The summed E-state index contributed by atoms with van der Waals surface area (Å²) in [6.07, 6.45) is 4.50. The van der Waals surface area contributed by atoms with E-state index in [9.17, 15) is 4.79 Å². The molecule has 2 aliphatic heterocycles. The van der Waals surface area contributed by atoms with Gasteiger partial charge in [0.15, 0.2) is 0 Å². The van der Waals surface area contributed by atoms with Gasteiger partial charge in [0, 0.05) is 18.5 Å². The molecule has 0 unspecified atom stereocenters. The average molecular weight is 239 g/mol. The van der Waals surface area contributed by atoms with E-state index in [0.29, 0.717) is 6.04 Å². The van der Waals surface area contributed by atoms with Crippen LogP contribution in [-0.4, -0.2) is 49.6 Å². The van der Waals surface area contributed by atoms with E-state index in [2.05, 4.69) is 22.5 Å². The molecule has 2 saturated heterocycles. The molecule has 0 spiro atoms. The van der Waals surface area contributed by atoms with Crippen molar-refractivity contribution < 1.29 is 4.79 Å². The third-order valence-electron chi connectivity index (χ3n) is 4.13. The lowest BCUT2D eigenvalue weighted by molar-refractivity contribution is -0.125. The first-order valence-electron chi connectivity index (χ1n) is 7.03. The summed E-state index contributed by atoms with van der Waals surface area (Å²) < 4.78 is 0. The first kappa shape index (κ1) is 12.8. The van der Waals surface area contributed by atoms with E-state index in [0.717, 1.165) is 39.0 Å². The zero-order chi connectivity index (χ0) is 12.1. The van der Waals surface area contributed by atoms with Crippen molar-refractivity contribution in [3.63, 3.8) is 0 Å². The van der Waals surface area contributed by atoms with Gasteiger partial charge in [-0.15, -0.1) is 0 Å². The van der Waals surface area contributed by atoms with Crippen LogP contribution in [0.1, 0.15) is 32.6 Å². The highest BCUT2D eigenvalue weighted by Gasteiger charge is 2.25. The quantitative estimate of drug-likeness (QED) is 0.754. The lowest BCUT2D eigenvalue weighted by Gasteiger charge is -2.25. The maximum Gasteiger partial charge on any atom is 0.223 e. The standard InChI is InChI=1S/C13H25N3O/c1-2-16-9-3-4-12(16)10-15-13(17)11-5-7-14-8-6-11/h11-12,14H,2-10H2,1H3,(H,15,17)/t12-/m1/s1. The Kier molecular flexibility index (Phi) is 4.80. The van der Waals surface area contributed by atoms with Crippen molar-refractivity contribution in [3.05, 3.63) is 0 Å². The van der Waals surface area contributed by atoms with Crippen molar-refractivity contribution in [2.24, 2.45) is 5.92 Å². The fourth-order valence-electron chi connectivity index (χ4n) is 2.99. The van der Waals surface area contributed by atoms with Crippen LogP contribution in [0.25, 0.3) is 0 Å². The molecule has 2 rings (SSSR count). The normalized spacial score (nSPS) is 27.2. The second kappa shape index (κ2) is 6.36. The summed E-state index contributed by atoms with van der Waals surface area (Å²) in [5.74, 6) is 0.516. The maximum absolute atomic E-state index is 12.0. The summed E-state index contributed by atoms with van der Waals surface area (Å²) in [4.78, 5) is 14.5. The molecule has 2 aliphatic rings. The third kappa shape index (κ3) is 3.42. The number of rotatable bonds is 4. The number of nitrogens with one attached hydrogen (secondary N) is 2. The molecular formula is C13H25N3O. The highest BCUT2D eigenvalue weighted by Crippen LogP contribution is 2.16. The number of carbonyl (C=O) groups is 1. The number of hydrogen-bond donors (Lipinski definition) is 2. The van der Waals surface area contributed by atoms with Crippen LogP contribution in [0.5, 0.6) is 0 Å². The Morgan fingerprint density at radius 3 is 2.82 bits per heavy atom. The van der Waals surface area contributed by atoms with Crippen LogP contribution in [0.4, 0.5) is 0 Å². The van der Waals surface area contributed by atoms with Gasteiger partial charge in [-0.2, -0.15) is 0 Å². The Hall–Kier alpha value is -0.610. The average Bonchev–Trinajstić information content (AvgIpc) is 2.84. The van der Waals surface area contributed by atoms with Gasteiger partial charge in [-0.1, -0.05) is 6.92 Å². The molecule has 17 heavy (non-hydrogen) atoms. The molecule has 0 saturated carbocycles. The predicted octanol–water partition coefficient (Wildman–Crippen LogP) is 0.587. The molecule has 1 atom stereocenters. The second-order valence-corrected chi connectivity index (χ2v) is 5.19. The molecule has 2 fully saturated rings. The van der Waals surface area contributed by atoms with E-state index in [-0.39, 0.29) is 11.8 Å². The number of carbonyl (C=O) groups excluding carboxylic acids is 1. The number of nitrogens with zero attached hydrogens (tertiary/aromatic N) is 1. The molecule has 98 valence electrons. The highest BCUT2D eigenvalue weighted by atomic mass is 16.1. The van der Waals surface area contributed by atoms with Crippen LogP contribution in [-0.2, 0) is 4.79 Å². The van der Waals surface area contributed by atoms with Gasteiger partial charge in [0.25, 0.3) is 0 Å². The topological polar surface area (TPSA) is 44.4 Å². The number of likely N-dealkylation sites (tertiary alicyclic amines) is 1. The molecule has 0 aliphatic carbocycles. The molecule has 0 aromatic rings. The van der Waals surface area contributed by atoms with E-state index in [1.807, 2.05) is 0 Å². The van der Waals surface area contributed by atoms with E-state index in [4.69, 9.17) is 0 Å². The van der Waals surface area contributed by atoms with Gasteiger partial charge in [0.1, 0.15) is 0 Å². The first-order valence-corrected chi connectivity index (χ1v) is 7.03. The number of amides is 1. The molecule has 4 heteroatoms. The summed E-state index contributed by atoms with van der Waals surface area (Å²) in [6, 6.07) is 0.575. The van der Waals surface area contributed by atoms with E-state index in [1.54, 1.807) is 0 Å². The van der Waals surface area contributed by atoms with E-state index < -0.39 is 0 Å². The SMILES string of the molecule is CCN1CCC[C@@H]1CNC(=O)C1CCNCC1. The van der Waals surface area contributed by atoms with Crippen molar-refractivity contribution in [3.8, 4) is 0 Å². The molecule has 4 nitrogen and oxygen atoms in total. The monoisotopic (exact) mass is 239 g/mol. The fraction of sp³-hybridized carbons (Fsp3) is 0.923. The van der Waals surface area contributed by atoms with Crippen molar-refractivity contribution in [2.75, 3.05) is 32.7 Å². The zero-order valence-electron chi connectivity index (χ0n) is 10.9. The molecule has 0 radical (unpaired) electrons. The Morgan fingerprint density at radius 2 is 2.12 bits per heavy atom. The van der Waals surface area contributed by atoms with Crippen LogP contribution >= 0.6 is 0 Å². The van der Waals surface area contributed by atoms with Gasteiger partial charge in [0.05, 0.1) is 0 Å². The van der Waals surface area contributed by atoms with Gasteiger partial charge in [-0.25, -0.2) is 0 Å². The van der Waals surface area contributed by atoms with Gasteiger partial charge >= 0.3 is 0 Å². The molecule has 1 amide bonds. The summed E-state index contributed by atoms with van der Waals surface area (Å²) in [7, 11) is 0. The summed E-state index contributed by atoms with van der Waals surface area (Å²) in [5.41, 5.74) is 0. The lowest BCUT2D eigenvalue weighted by atomic mass is 9.97. The fourth-order valence-corrected chi connectivity index (χ4v) is 2.99. The van der Waals surface area contributed by atoms with Crippen molar-refractivity contribution in [1.29, 1.82) is 0 Å².